The summed E-state index contributed by atoms with van der Waals surface area (Å²) < 4.78 is 0. The number of aliphatic hydroxyl groups excluding tert-OH is 1. The van der Waals surface area contributed by atoms with Crippen molar-refractivity contribution in [3.63, 3.8) is 0 Å². The maximum absolute atomic E-state index is 11.8. The van der Waals surface area contributed by atoms with Crippen LogP contribution in [0.5, 0.6) is 0 Å². The summed E-state index contributed by atoms with van der Waals surface area (Å²) in [5, 5.41) is 12.2. The SMILES string of the molecule is CC(CCO)SC(C)C(=O)NC1CCCC1. The lowest BCUT2D eigenvalue weighted by molar-refractivity contribution is -0.120. The molecule has 3 nitrogen and oxygen atoms in total. The first kappa shape index (κ1) is 13.8. The molecule has 2 N–H and O–H groups in total. The minimum Gasteiger partial charge on any atom is -0.396 e. The first-order chi connectivity index (χ1) is 7.63. The van der Waals surface area contributed by atoms with Gasteiger partial charge in [0.25, 0.3) is 0 Å². The van der Waals surface area contributed by atoms with Crippen LogP contribution in [0.3, 0.4) is 0 Å². The van der Waals surface area contributed by atoms with E-state index in [1.165, 1.54) is 12.8 Å². The van der Waals surface area contributed by atoms with E-state index in [-0.39, 0.29) is 17.8 Å². The number of carbonyl (C=O) groups is 1. The quantitative estimate of drug-likeness (QED) is 0.752. The summed E-state index contributed by atoms with van der Waals surface area (Å²) in [5.41, 5.74) is 0. The Balaban J connectivity index is 2.23. The van der Waals surface area contributed by atoms with E-state index in [1.54, 1.807) is 11.8 Å². The molecule has 1 aliphatic carbocycles. The third-order valence-electron chi connectivity index (χ3n) is 3.04. The second kappa shape index (κ2) is 7.17. The van der Waals surface area contributed by atoms with Crippen LogP contribution in [0, 0.1) is 0 Å². The average Bonchev–Trinajstić information content (AvgIpc) is 2.70. The molecule has 2 unspecified atom stereocenters. The van der Waals surface area contributed by atoms with Crippen molar-refractivity contribution >= 4 is 17.7 Å². The molecule has 1 saturated carbocycles. The summed E-state index contributed by atoms with van der Waals surface area (Å²) in [4.78, 5) is 11.8. The number of amides is 1. The molecule has 1 rings (SSSR count). The van der Waals surface area contributed by atoms with Crippen LogP contribution in [-0.2, 0) is 4.79 Å². The highest BCUT2D eigenvalue weighted by atomic mass is 32.2. The van der Waals surface area contributed by atoms with Crippen LogP contribution in [0.1, 0.15) is 46.0 Å². The molecule has 1 aliphatic rings. The van der Waals surface area contributed by atoms with Crippen LogP contribution in [0.4, 0.5) is 0 Å². The molecule has 4 heteroatoms. The molecule has 0 spiro atoms. The molecule has 0 aliphatic heterocycles. The van der Waals surface area contributed by atoms with Crippen molar-refractivity contribution in [2.75, 3.05) is 6.61 Å². The third kappa shape index (κ3) is 4.74. The minimum absolute atomic E-state index is 0.0119. The van der Waals surface area contributed by atoms with Gasteiger partial charge in [-0.3, -0.25) is 4.79 Å². The number of rotatable bonds is 6. The smallest absolute Gasteiger partial charge is 0.233 e. The standard InChI is InChI=1S/C12H23NO2S/c1-9(7-8-14)16-10(2)12(15)13-11-5-3-4-6-11/h9-11,14H,3-8H2,1-2H3,(H,13,15). The molecule has 94 valence electrons. The predicted molar refractivity (Wildman–Crippen MR) is 68.6 cm³/mol. The molecule has 0 aromatic carbocycles. The highest BCUT2D eigenvalue weighted by Crippen LogP contribution is 2.22. The van der Waals surface area contributed by atoms with Gasteiger partial charge in [0, 0.05) is 17.9 Å². The van der Waals surface area contributed by atoms with Gasteiger partial charge in [-0.15, -0.1) is 11.8 Å². The highest BCUT2D eigenvalue weighted by molar-refractivity contribution is 8.01. The summed E-state index contributed by atoms with van der Waals surface area (Å²) >= 11 is 1.64. The number of aliphatic hydroxyl groups is 1. The fourth-order valence-corrected chi connectivity index (χ4v) is 3.18. The zero-order valence-corrected chi connectivity index (χ0v) is 11.1. The molecule has 0 aromatic rings. The fourth-order valence-electron chi connectivity index (χ4n) is 2.05. The number of carbonyl (C=O) groups excluding carboxylic acids is 1. The van der Waals surface area contributed by atoms with Gasteiger partial charge in [-0.25, -0.2) is 0 Å². The fraction of sp³-hybridized carbons (Fsp3) is 0.917. The summed E-state index contributed by atoms with van der Waals surface area (Å²) in [7, 11) is 0. The largest absolute Gasteiger partial charge is 0.396 e. The van der Waals surface area contributed by atoms with E-state index < -0.39 is 0 Å². The number of thioether (sulfide) groups is 1. The van der Waals surface area contributed by atoms with Crippen molar-refractivity contribution < 1.29 is 9.90 Å². The van der Waals surface area contributed by atoms with Gasteiger partial charge in [0.05, 0.1) is 5.25 Å². The van der Waals surface area contributed by atoms with E-state index in [4.69, 9.17) is 5.11 Å². The lowest BCUT2D eigenvalue weighted by atomic mass is 10.2. The molecule has 0 bridgehead atoms. The monoisotopic (exact) mass is 245 g/mol. The van der Waals surface area contributed by atoms with Gasteiger partial charge in [0.15, 0.2) is 0 Å². The van der Waals surface area contributed by atoms with Crippen LogP contribution in [-0.4, -0.2) is 34.2 Å². The molecule has 0 aromatic heterocycles. The van der Waals surface area contributed by atoms with Gasteiger partial charge >= 0.3 is 0 Å². The molecule has 1 fully saturated rings. The molecule has 1 amide bonds. The Labute approximate surface area is 102 Å². The van der Waals surface area contributed by atoms with Crippen molar-refractivity contribution in [1.82, 2.24) is 5.32 Å². The van der Waals surface area contributed by atoms with Crippen molar-refractivity contribution in [3.8, 4) is 0 Å². The van der Waals surface area contributed by atoms with Crippen molar-refractivity contribution in [1.29, 1.82) is 0 Å². The predicted octanol–water partition coefficient (Wildman–Crippen LogP) is 1.94. The molecule has 0 heterocycles. The Hall–Kier alpha value is -0.220. The van der Waals surface area contributed by atoms with Gasteiger partial charge in [-0.1, -0.05) is 19.8 Å². The lowest BCUT2D eigenvalue weighted by Gasteiger charge is -2.19. The highest BCUT2D eigenvalue weighted by Gasteiger charge is 2.21. The second-order valence-electron chi connectivity index (χ2n) is 4.59. The molecule has 16 heavy (non-hydrogen) atoms. The first-order valence-corrected chi connectivity index (χ1v) is 7.14. The second-order valence-corrected chi connectivity index (χ2v) is 6.38. The first-order valence-electron chi connectivity index (χ1n) is 6.20. The van der Waals surface area contributed by atoms with Gasteiger partial charge in [-0.2, -0.15) is 0 Å². The normalized spacial score (nSPS) is 20.7. The molecule has 0 radical (unpaired) electrons. The zero-order valence-electron chi connectivity index (χ0n) is 10.2. The van der Waals surface area contributed by atoms with E-state index >= 15 is 0 Å². The average molecular weight is 245 g/mol. The minimum atomic E-state index is -0.0119. The lowest BCUT2D eigenvalue weighted by Crippen LogP contribution is -2.38. The summed E-state index contributed by atoms with van der Waals surface area (Å²) in [5.74, 6) is 0.154. The third-order valence-corrected chi connectivity index (χ3v) is 4.37. The molecular weight excluding hydrogens is 222 g/mol. The van der Waals surface area contributed by atoms with E-state index in [9.17, 15) is 4.79 Å². The number of hydrogen-bond donors (Lipinski definition) is 2. The van der Waals surface area contributed by atoms with Crippen molar-refractivity contribution in [2.45, 2.75) is 62.5 Å². The van der Waals surface area contributed by atoms with Crippen LogP contribution in [0.15, 0.2) is 0 Å². The van der Waals surface area contributed by atoms with Gasteiger partial charge in [0.2, 0.25) is 5.91 Å². The summed E-state index contributed by atoms with van der Waals surface area (Å²) in [6, 6.07) is 0.406. The Bertz CT molecular complexity index is 217. The molecule has 0 saturated heterocycles. The van der Waals surface area contributed by atoms with Crippen LogP contribution in [0.25, 0.3) is 0 Å². The van der Waals surface area contributed by atoms with Gasteiger partial charge in [-0.05, 0) is 26.2 Å². The van der Waals surface area contributed by atoms with Crippen LogP contribution >= 0.6 is 11.8 Å². The van der Waals surface area contributed by atoms with E-state index in [0.717, 1.165) is 19.3 Å². The van der Waals surface area contributed by atoms with Crippen molar-refractivity contribution in [3.05, 3.63) is 0 Å². The Morgan fingerprint density at radius 3 is 2.62 bits per heavy atom. The molecule has 2 atom stereocenters. The Kier molecular flexibility index (Phi) is 6.21. The van der Waals surface area contributed by atoms with Crippen molar-refractivity contribution in [2.24, 2.45) is 0 Å². The number of hydrogen-bond acceptors (Lipinski definition) is 3. The Morgan fingerprint density at radius 1 is 1.44 bits per heavy atom. The van der Waals surface area contributed by atoms with E-state index in [2.05, 4.69) is 12.2 Å². The number of nitrogens with one attached hydrogen (secondary N) is 1. The van der Waals surface area contributed by atoms with Gasteiger partial charge < -0.3 is 10.4 Å². The molecular formula is C12H23NO2S. The van der Waals surface area contributed by atoms with Crippen LogP contribution < -0.4 is 5.32 Å². The maximum Gasteiger partial charge on any atom is 0.233 e. The maximum atomic E-state index is 11.8. The topological polar surface area (TPSA) is 49.3 Å². The Morgan fingerprint density at radius 2 is 2.06 bits per heavy atom. The summed E-state index contributed by atoms with van der Waals surface area (Å²) in [6.45, 7) is 4.20. The van der Waals surface area contributed by atoms with E-state index in [0.29, 0.717) is 11.3 Å². The van der Waals surface area contributed by atoms with Crippen LogP contribution in [0.2, 0.25) is 0 Å². The van der Waals surface area contributed by atoms with E-state index in [1.807, 2.05) is 6.92 Å². The zero-order chi connectivity index (χ0) is 12.0. The summed E-state index contributed by atoms with van der Waals surface area (Å²) in [6.07, 6.45) is 5.51. The van der Waals surface area contributed by atoms with Gasteiger partial charge in [0.1, 0.15) is 0 Å².